The van der Waals surface area contributed by atoms with Crippen molar-refractivity contribution in [2.75, 3.05) is 0 Å². The highest BCUT2D eigenvalue weighted by Gasteiger charge is 2.15. The maximum absolute atomic E-state index is 12.1. The fraction of sp³-hybridized carbons (Fsp3) is 0.182. The summed E-state index contributed by atoms with van der Waals surface area (Å²) in [4.78, 5) is 12.1. The minimum atomic E-state index is -0.0794. The molecule has 0 bridgehead atoms. The first-order chi connectivity index (χ1) is 8.06. The number of aromatic nitrogens is 2. The Morgan fingerprint density at radius 2 is 1.88 bits per heavy atom. The van der Waals surface area contributed by atoms with Gasteiger partial charge < -0.3 is 0 Å². The van der Waals surface area contributed by atoms with Crippen LogP contribution in [0.2, 0.25) is 5.02 Å². The van der Waals surface area contributed by atoms with Crippen molar-refractivity contribution in [3.05, 3.63) is 49.8 Å². The molecule has 0 unspecified atom stereocenters. The van der Waals surface area contributed by atoms with Gasteiger partial charge in [0.25, 0.3) is 5.56 Å². The summed E-state index contributed by atoms with van der Waals surface area (Å²) in [5, 5.41) is 1.26. The highest BCUT2D eigenvalue weighted by molar-refractivity contribution is 9.10. The lowest BCUT2D eigenvalue weighted by Crippen LogP contribution is -2.19. The summed E-state index contributed by atoms with van der Waals surface area (Å²) in [6.07, 6.45) is 0. The van der Waals surface area contributed by atoms with Crippen LogP contribution < -0.4 is 5.56 Å². The second-order valence-electron chi connectivity index (χ2n) is 3.51. The minimum absolute atomic E-state index is 0.0794. The molecular weight excluding hydrogens is 371 g/mol. The topological polar surface area (TPSA) is 26.9 Å². The summed E-state index contributed by atoms with van der Waals surface area (Å²) in [5.41, 5.74) is 1.60. The van der Waals surface area contributed by atoms with E-state index < -0.39 is 0 Å². The van der Waals surface area contributed by atoms with Crippen LogP contribution in [0.3, 0.4) is 0 Å². The third-order valence-corrected chi connectivity index (χ3v) is 4.10. The van der Waals surface area contributed by atoms with E-state index in [2.05, 4.69) is 31.9 Å². The van der Waals surface area contributed by atoms with Crippen molar-refractivity contribution in [1.82, 2.24) is 9.36 Å². The first kappa shape index (κ1) is 12.9. The lowest BCUT2D eigenvalue weighted by Gasteiger charge is -2.08. The summed E-state index contributed by atoms with van der Waals surface area (Å²) < 4.78 is 3.98. The molecule has 0 N–H and O–H groups in total. The van der Waals surface area contributed by atoms with Crippen molar-refractivity contribution in [3.8, 4) is 5.69 Å². The zero-order valence-corrected chi connectivity index (χ0v) is 12.9. The number of benzene rings is 1. The van der Waals surface area contributed by atoms with Crippen LogP contribution in [0.25, 0.3) is 5.69 Å². The molecule has 1 aromatic carbocycles. The van der Waals surface area contributed by atoms with Gasteiger partial charge in [0.15, 0.2) is 0 Å². The first-order valence-electron chi connectivity index (χ1n) is 4.84. The Kier molecular flexibility index (Phi) is 3.80. The monoisotopic (exact) mass is 378 g/mol. The maximum Gasteiger partial charge on any atom is 0.286 e. The Labute approximate surface area is 120 Å². The van der Waals surface area contributed by atoms with E-state index in [9.17, 15) is 4.79 Å². The summed E-state index contributed by atoms with van der Waals surface area (Å²) in [7, 11) is 1.84. The third-order valence-electron chi connectivity index (χ3n) is 2.52. The molecule has 1 heterocycles. The van der Waals surface area contributed by atoms with E-state index in [0.717, 1.165) is 11.4 Å². The molecule has 0 spiro atoms. The quantitative estimate of drug-likeness (QED) is 0.733. The van der Waals surface area contributed by atoms with Gasteiger partial charge in [-0.3, -0.25) is 9.48 Å². The molecule has 2 rings (SSSR count). The standard InChI is InChI=1S/C11H9Br2ClN2O/c1-15-9(6-12)10(13)11(17)16(15)8-4-2-7(14)3-5-8/h2-5H,6H2,1H3. The SMILES string of the molecule is Cn1c(CBr)c(Br)c(=O)n1-c1ccc(Cl)cc1. The molecule has 0 fully saturated rings. The maximum atomic E-state index is 12.1. The number of halogens is 3. The molecule has 0 radical (unpaired) electrons. The van der Waals surface area contributed by atoms with Crippen molar-refractivity contribution in [3.63, 3.8) is 0 Å². The number of hydrogen-bond donors (Lipinski definition) is 0. The molecular formula is C11H9Br2ClN2O. The van der Waals surface area contributed by atoms with E-state index in [1.54, 1.807) is 16.8 Å². The number of alkyl halides is 1. The molecule has 1 aromatic heterocycles. The van der Waals surface area contributed by atoms with Crippen LogP contribution in [0.15, 0.2) is 33.5 Å². The largest absolute Gasteiger partial charge is 0.286 e. The molecule has 0 aliphatic carbocycles. The lowest BCUT2D eigenvalue weighted by atomic mass is 10.3. The van der Waals surface area contributed by atoms with Crippen molar-refractivity contribution < 1.29 is 0 Å². The van der Waals surface area contributed by atoms with E-state index in [0.29, 0.717) is 14.8 Å². The zero-order valence-electron chi connectivity index (χ0n) is 8.95. The summed E-state index contributed by atoms with van der Waals surface area (Å²) in [5.74, 6) is 0. The van der Waals surface area contributed by atoms with Crippen molar-refractivity contribution in [2.24, 2.45) is 7.05 Å². The molecule has 3 nitrogen and oxygen atoms in total. The van der Waals surface area contributed by atoms with E-state index in [4.69, 9.17) is 11.6 Å². The van der Waals surface area contributed by atoms with Crippen molar-refractivity contribution in [1.29, 1.82) is 0 Å². The smallest absolute Gasteiger partial charge is 0.283 e. The third kappa shape index (κ3) is 2.23. The number of nitrogens with zero attached hydrogens (tertiary/aromatic N) is 2. The normalized spacial score (nSPS) is 10.8. The second-order valence-corrected chi connectivity index (χ2v) is 5.30. The molecule has 0 saturated carbocycles. The minimum Gasteiger partial charge on any atom is -0.283 e. The predicted octanol–water partition coefficient (Wildman–Crippen LogP) is 3.49. The Morgan fingerprint density at radius 1 is 1.29 bits per heavy atom. The molecule has 0 aliphatic rings. The van der Waals surface area contributed by atoms with Crippen LogP contribution in [0.4, 0.5) is 0 Å². The van der Waals surface area contributed by atoms with E-state index in [-0.39, 0.29) is 5.56 Å². The fourth-order valence-electron chi connectivity index (χ4n) is 1.63. The number of rotatable bonds is 2. The average Bonchev–Trinajstić information content (AvgIpc) is 2.52. The van der Waals surface area contributed by atoms with Gasteiger partial charge in [-0.2, -0.15) is 0 Å². The molecule has 0 saturated heterocycles. The van der Waals surface area contributed by atoms with Gasteiger partial charge in [-0.25, -0.2) is 4.68 Å². The molecule has 0 amide bonds. The molecule has 2 aromatic rings. The Bertz CT molecular complexity index is 601. The Hall–Kier alpha value is -0.520. The molecule has 6 heteroatoms. The van der Waals surface area contributed by atoms with Crippen LogP contribution in [-0.4, -0.2) is 9.36 Å². The van der Waals surface area contributed by atoms with Crippen molar-refractivity contribution in [2.45, 2.75) is 5.33 Å². The average molecular weight is 380 g/mol. The lowest BCUT2D eigenvalue weighted by molar-refractivity contribution is 0.628. The van der Waals surface area contributed by atoms with Crippen molar-refractivity contribution >= 4 is 43.5 Å². The summed E-state index contributed by atoms with van der Waals surface area (Å²) >= 11 is 12.5. The van der Waals surface area contributed by atoms with E-state index in [1.807, 2.05) is 23.9 Å². The van der Waals surface area contributed by atoms with Gasteiger partial charge in [-0.15, -0.1) is 0 Å². The van der Waals surface area contributed by atoms with Gasteiger partial charge in [0, 0.05) is 17.4 Å². The van der Waals surface area contributed by atoms with Gasteiger partial charge in [-0.05, 0) is 40.2 Å². The Balaban J connectivity index is 2.68. The second kappa shape index (κ2) is 5.00. The highest BCUT2D eigenvalue weighted by Crippen LogP contribution is 2.19. The first-order valence-corrected chi connectivity index (χ1v) is 7.13. The fourth-order valence-corrected chi connectivity index (χ4v) is 3.34. The van der Waals surface area contributed by atoms with Gasteiger partial charge in [0.2, 0.25) is 0 Å². The Morgan fingerprint density at radius 3 is 2.35 bits per heavy atom. The predicted molar refractivity (Wildman–Crippen MR) is 76.4 cm³/mol. The van der Waals surface area contributed by atoms with Gasteiger partial charge >= 0.3 is 0 Å². The molecule has 90 valence electrons. The van der Waals surface area contributed by atoms with Crippen LogP contribution in [-0.2, 0) is 12.4 Å². The van der Waals surface area contributed by atoms with E-state index in [1.165, 1.54) is 0 Å². The van der Waals surface area contributed by atoms with Crippen LogP contribution in [0.5, 0.6) is 0 Å². The summed E-state index contributed by atoms with van der Waals surface area (Å²) in [6.45, 7) is 0. The van der Waals surface area contributed by atoms with Crippen LogP contribution in [0, 0.1) is 0 Å². The van der Waals surface area contributed by atoms with Crippen LogP contribution >= 0.6 is 43.5 Å². The van der Waals surface area contributed by atoms with Gasteiger partial charge in [0.1, 0.15) is 4.47 Å². The summed E-state index contributed by atoms with van der Waals surface area (Å²) in [6, 6.07) is 7.15. The van der Waals surface area contributed by atoms with Gasteiger partial charge in [0.05, 0.1) is 11.4 Å². The number of hydrogen-bond acceptors (Lipinski definition) is 1. The molecule has 0 atom stereocenters. The van der Waals surface area contributed by atoms with Gasteiger partial charge in [-0.1, -0.05) is 27.5 Å². The molecule has 17 heavy (non-hydrogen) atoms. The highest BCUT2D eigenvalue weighted by atomic mass is 79.9. The zero-order chi connectivity index (χ0) is 12.6. The molecule has 0 aliphatic heterocycles. The van der Waals surface area contributed by atoms with Crippen LogP contribution in [0.1, 0.15) is 5.69 Å². The van der Waals surface area contributed by atoms with E-state index >= 15 is 0 Å².